The molecule has 1 aliphatic rings. The Labute approximate surface area is 74.9 Å². The molecular formula is C9H20N2O. The van der Waals surface area contributed by atoms with Crippen molar-refractivity contribution in [2.75, 3.05) is 26.3 Å². The van der Waals surface area contributed by atoms with Crippen LogP contribution in [-0.4, -0.2) is 38.4 Å². The molecule has 1 rings (SSSR count). The van der Waals surface area contributed by atoms with Crippen LogP contribution in [0.15, 0.2) is 0 Å². The molecule has 3 nitrogen and oxygen atoms in total. The number of rotatable bonds is 5. The minimum Gasteiger partial charge on any atom is -0.380 e. The zero-order valence-corrected chi connectivity index (χ0v) is 8.10. The van der Waals surface area contributed by atoms with Crippen LogP contribution in [0.2, 0.25) is 0 Å². The Kier molecular flexibility index (Phi) is 4.58. The molecule has 1 fully saturated rings. The normalized spacial score (nSPS) is 23.8. The highest BCUT2D eigenvalue weighted by Crippen LogP contribution is 2.01. The van der Waals surface area contributed by atoms with Crippen molar-refractivity contribution in [1.29, 1.82) is 0 Å². The predicted molar refractivity (Wildman–Crippen MR) is 50.4 cm³/mol. The van der Waals surface area contributed by atoms with Gasteiger partial charge >= 0.3 is 0 Å². The molecule has 72 valence electrons. The minimum atomic E-state index is 0.589. The van der Waals surface area contributed by atoms with Gasteiger partial charge in [0.05, 0.1) is 6.61 Å². The van der Waals surface area contributed by atoms with Gasteiger partial charge in [-0.2, -0.15) is 0 Å². The van der Waals surface area contributed by atoms with Crippen molar-refractivity contribution in [2.45, 2.75) is 32.4 Å². The highest BCUT2D eigenvalue weighted by molar-refractivity contribution is 4.71. The first-order chi connectivity index (χ1) is 5.79. The monoisotopic (exact) mass is 172 g/mol. The molecular weight excluding hydrogens is 152 g/mol. The summed E-state index contributed by atoms with van der Waals surface area (Å²) in [5.41, 5.74) is 0. The SMILES string of the molecule is CC(C)NCCNC1CCOC1. The zero-order valence-electron chi connectivity index (χ0n) is 8.10. The molecule has 0 aromatic heterocycles. The van der Waals surface area contributed by atoms with Crippen LogP contribution in [0.1, 0.15) is 20.3 Å². The first-order valence-electron chi connectivity index (χ1n) is 4.83. The van der Waals surface area contributed by atoms with Crippen LogP contribution >= 0.6 is 0 Å². The van der Waals surface area contributed by atoms with E-state index >= 15 is 0 Å². The number of ether oxygens (including phenoxy) is 1. The topological polar surface area (TPSA) is 33.3 Å². The molecule has 3 heteroatoms. The lowest BCUT2D eigenvalue weighted by atomic mass is 10.2. The van der Waals surface area contributed by atoms with Gasteiger partial charge in [0.15, 0.2) is 0 Å². The Morgan fingerprint density at radius 2 is 2.25 bits per heavy atom. The average molecular weight is 172 g/mol. The Hall–Kier alpha value is -0.120. The van der Waals surface area contributed by atoms with Gasteiger partial charge in [0, 0.05) is 31.8 Å². The minimum absolute atomic E-state index is 0.589. The largest absolute Gasteiger partial charge is 0.380 e. The summed E-state index contributed by atoms with van der Waals surface area (Å²) in [6, 6.07) is 1.19. The maximum absolute atomic E-state index is 5.25. The van der Waals surface area contributed by atoms with E-state index in [9.17, 15) is 0 Å². The summed E-state index contributed by atoms with van der Waals surface area (Å²) in [5.74, 6) is 0. The molecule has 0 saturated carbocycles. The van der Waals surface area contributed by atoms with E-state index in [1.807, 2.05) is 0 Å². The summed E-state index contributed by atoms with van der Waals surface area (Å²) in [6.07, 6.45) is 1.17. The molecule has 0 aromatic carbocycles. The van der Waals surface area contributed by atoms with E-state index in [2.05, 4.69) is 24.5 Å². The lowest BCUT2D eigenvalue weighted by molar-refractivity contribution is 0.190. The summed E-state index contributed by atoms with van der Waals surface area (Å²) >= 11 is 0. The maximum Gasteiger partial charge on any atom is 0.0620 e. The van der Waals surface area contributed by atoms with E-state index in [0.29, 0.717) is 12.1 Å². The van der Waals surface area contributed by atoms with Gasteiger partial charge in [-0.05, 0) is 6.42 Å². The van der Waals surface area contributed by atoms with Gasteiger partial charge in [-0.15, -0.1) is 0 Å². The molecule has 2 N–H and O–H groups in total. The summed E-state index contributed by atoms with van der Waals surface area (Å²) in [4.78, 5) is 0. The van der Waals surface area contributed by atoms with Crippen LogP contribution in [0.3, 0.4) is 0 Å². The summed E-state index contributed by atoms with van der Waals surface area (Å²) in [7, 11) is 0. The third-order valence-electron chi connectivity index (χ3n) is 2.04. The van der Waals surface area contributed by atoms with Crippen LogP contribution in [0, 0.1) is 0 Å². The van der Waals surface area contributed by atoms with Gasteiger partial charge in [0.2, 0.25) is 0 Å². The lowest BCUT2D eigenvalue weighted by Crippen LogP contribution is -2.37. The molecule has 1 heterocycles. The number of hydrogen-bond donors (Lipinski definition) is 2. The van der Waals surface area contributed by atoms with E-state index < -0.39 is 0 Å². The van der Waals surface area contributed by atoms with Crippen LogP contribution in [0.5, 0.6) is 0 Å². The maximum atomic E-state index is 5.25. The molecule has 12 heavy (non-hydrogen) atoms. The third-order valence-corrected chi connectivity index (χ3v) is 2.04. The van der Waals surface area contributed by atoms with Gasteiger partial charge in [-0.25, -0.2) is 0 Å². The molecule has 0 radical (unpaired) electrons. The fraction of sp³-hybridized carbons (Fsp3) is 1.00. The van der Waals surface area contributed by atoms with E-state index in [4.69, 9.17) is 4.74 Å². The second-order valence-electron chi connectivity index (χ2n) is 3.62. The van der Waals surface area contributed by atoms with Gasteiger partial charge in [0.25, 0.3) is 0 Å². The molecule has 0 aliphatic carbocycles. The van der Waals surface area contributed by atoms with Crippen molar-refractivity contribution in [3.8, 4) is 0 Å². The van der Waals surface area contributed by atoms with Crippen molar-refractivity contribution >= 4 is 0 Å². The molecule has 0 spiro atoms. The van der Waals surface area contributed by atoms with E-state index in [1.54, 1.807) is 0 Å². The molecule has 0 amide bonds. The fourth-order valence-electron chi connectivity index (χ4n) is 1.33. The molecule has 1 atom stereocenters. The smallest absolute Gasteiger partial charge is 0.0620 e. The standard InChI is InChI=1S/C9H20N2O/c1-8(2)10-4-5-11-9-3-6-12-7-9/h8-11H,3-7H2,1-2H3. The van der Waals surface area contributed by atoms with Gasteiger partial charge in [0.1, 0.15) is 0 Å². The molecule has 1 saturated heterocycles. The van der Waals surface area contributed by atoms with Crippen molar-refractivity contribution in [3.05, 3.63) is 0 Å². The first-order valence-corrected chi connectivity index (χ1v) is 4.83. The summed E-state index contributed by atoms with van der Waals surface area (Å²) in [6.45, 7) is 8.24. The Morgan fingerprint density at radius 1 is 1.42 bits per heavy atom. The van der Waals surface area contributed by atoms with Crippen LogP contribution < -0.4 is 10.6 Å². The summed E-state index contributed by atoms with van der Waals surface area (Å²) < 4.78 is 5.25. The lowest BCUT2D eigenvalue weighted by Gasteiger charge is -2.12. The molecule has 1 aliphatic heterocycles. The highest BCUT2D eigenvalue weighted by atomic mass is 16.5. The van der Waals surface area contributed by atoms with Crippen LogP contribution in [0.25, 0.3) is 0 Å². The van der Waals surface area contributed by atoms with E-state index in [0.717, 1.165) is 26.3 Å². The second-order valence-corrected chi connectivity index (χ2v) is 3.62. The summed E-state index contributed by atoms with van der Waals surface area (Å²) in [5, 5.41) is 6.82. The quantitative estimate of drug-likeness (QED) is 0.588. The zero-order chi connectivity index (χ0) is 8.81. The van der Waals surface area contributed by atoms with Crippen molar-refractivity contribution < 1.29 is 4.74 Å². The van der Waals surface area contributed by atoms with Crippen molar-refractivity contribution in [3.63, 3.8) is 0 Å². The molecule has 0 aromatic rings. The van der Waals surface area contributed by atoms with Crippen LogP contribution in [-0.2, 0) is 4.74 Å². The number of nitrogens with one attached hydrogen (secondary N) is 2. The number of hydrogen-bond acceptors (Lipinski definition) is 3. The first kappa shape index (κ1) is 9.96. The van der Waals surface area contributed by atoms with Gasteiger partial charge < -0.3 is 15.4 Å². The fourth-order valence-corrected chi connectivity index (χ4v) is 1.33. The third kappa shape index (κ3) is 4.04. The highest BCUT2D eigenvalue weighted by Gasteiger charge is 2.13. The van der Waals surface area contributed by atoms with E-state index in [1.165, 1.54) is 6.42 Å². The Balaban J connectivity index is 1.88. The molecule has 1 unspecified atom stereocenters. The Morgan fingerprint density at radius 3 is 2.83 bits per heavy atom. The predicted octanol–water partition coefficient (Wildman–Crippen LogP) is 0.363. The Bertz CT molecular complexity index is 111. The van der Waals surface area contributed by atoms with E-state index in [-0.39, 0.29) is 0 Å². The van der Waals surface area contributed by atoms with Crippen LogP contribution in [0.4, 0.5) is 0 Å². The molecule has 0 bridgehead atoms. The van der Waals surface area contributed by atoms with Gasteiger partial charge in [-0.3, -0.25) is 0 Å². The van der Waals surface area contributed by atoms with Crippen molar-refractivity contribution in [1.82, 2.24) is 10.6 Å². The second kappa shape index (κ2) is 5.51. The average Bonchev–Trinajstić information content (AvgIpc) is 2.49. The van der Waals surface area contributed by atoms with Crippen molar-refractivity contribution in [2.24, 2.45) is 0 Å². The van der Waals surface area contributed by atoms with Gasteiger partial charge in [-0.1, -0.05) is 13.8 Å².